The number of nitrogens with zero attached hydrogens (tertiary/aromatic N) is 1. The summed E-state index contributed by atoms with van der Waals surface area (Å²) < 4.78 is 34.4. The third kappa shape index (κ3) is 5.93. The van der Waals surface area contributed by atoms with Gasteiger partial charge in [0, 0.05) is 17.5 Å². The Kier molecular flexibility index (Phi) is 6.77. The van der Waals surface area contributed by atoms with E-state index in [1.807, 2.05) is 20.8 Å². The maximum absolute atomic E-state index is 12.8. The van der Waals surface area contributed by atoms with E-state index in [2.05, 4.69) is 10.1 Å². The molecule has 0 aromatic heterocycles. The van der Waals surface area contributed by atoms with E-state index in [1.54, 1.807) is 35.2 Å². The summed E-state index contributed by atoms with van der Waals surface area (Å²) in [5.74, 6) is 0.472. The van der Waals surface area contributed by atoms with Gasteiger partial charge in [-0.3, -0.25) is 9.59 Å². The van der Waals surface area contributed by atoms with E-state index in [1.165, 1.54) is 12.1 Å². The largest absolute Gasteiger partial charge is 0.490 e. The molecule has 0 spiro atoms. The number of hydrogen-bond acceptors (Lipinski definition) is 4. The molecule has 0 atom stereocenters. The average molecular weight is 432 g/mol. The summed E-state index contributed by atoms with van der Waals surface area (Å²) in [7, 11) is 0. The SMILES string of the molecule is CC(C)(C)C(=O)N1CCOc2ccc(NC(=O)CCc3ccc(OC(F)F)cc3)cc21. The normalized spacial score (nSPS) is 13.4. The Morgan fingerprint density at radius 2 is 1.87 bits per heavy atom. The van der Waals surface area contributed by atoms with E-state index >= 15 is 0 Å². The molecular formula is C23H26F2N2O4. The maximum Gasteiger partial charge on any atom is 0.387 e. The fourth-order valence-electron chi connectivity index (χ4n) is 3.23. The lowest BCUT2D eigenvalue weighted by Gasteiger charge is -2.34. The Bertz CT molecular complexity index is 940. The minimum atomic E-state index is -2.87. The summed E-state index contributed by atoms with van der Waals surface area (Å²) in [6, 6.07) is 11.4. The molecule has 1 aliphatic rings. The highest BCUT2D eigenvalue weighted by Crippen LogP contribution is 2.36. The van der Waals surface area contributed by atoms with Crippen molar-refractivity contribution >= 4 is 23.2 Å². The second kappa shape index (κ2) is 9.32. The summed E-state index contributed by atoms with van der Waals surface area (Å²) in [4.78, 5) is 26.9. The number of amides is 2. The van der Waals surface area contributed by atoms with Crippen LogP contribution < -0.4 is 19.7 Å². The monoisotopic (exact) mass is 432 g/mol. The molecule has 0 saturated heterocycles. The molecule has 1 aliphatic heterocycles. The van der Waals surface area contributed by atoms with E-state index in [4.69, 9.17) is 4.74 Å². The zero-order valence-electron chi connectivity index (χ0n) is 17.8. The molecule has 6 nitrogen and oxygen atoms in total. The van der Waals surface area contributed by atoms with Crippen molar-refractivity contribution < 1.29 is 27.8 Å². The van der Waals surface area contributed by atoms with Crippen LogP contribution in [0.15, 0.2) is 42.5 Å². The van der Waals surface area contributed by atoms with Gasteiger partial charge >= 0.3 is 6.61 Å². The molecule has 1 N–H and O–H groups in total. The first-order chi connectivity index (χ1) is 14.6. The van der Waals surface area contributed by atoms with Crippen molar-refractivity contribution in [3.8, 4) is 11.5 Å². The van der Waals surface area contributed by atoms with Gasteiger partial charge in [0.2, 0.25) is 11.8 Å². The molecule has 31 heavy (non-hydrogen) atoms. The smallest absolute Gasteiger partial charge is 0.387 e. The van der Waals surface area contributed by atoms with Gasteiger partial charge in [-0.25, -0.2) is 0 Å². The maximum atomic E-state index is 12.8. The molecule has 8 heteroatoms. The van der Waals surface area contributed by atoms with E-state index < -0.39 is 12.0 Å². The summed E-state index contributed by atoms with van der Waals surface area (Å²) in [5, 5.41) is 2.84. The Hall–Kier alpha value is -3.16. The van der Waals surface area contributed by atoms with Crippen molar-refractivity contribution in [2.45, 2.75) is 40.2 Å². The Balaban J connectivity index is 1.62. The van der Waals surface area contributed by atoms with Gasteiger partial charge in [0.05, 0.1) is 12.2 Å². The predicted molar refractivity (Wildman–Crippen MR) is 114 cm³/mol. The Labute approximate surface area is 180 Å². The third-order valence-electron chi connectivity index (χ3n) is 4.78. The molecule has 2 aromatic carbocycles. The van der Waals surface area contributed by atoms with Crippen LogP contribution in [0.4, 0.5) is 20.2 Å². The van der Waals surface area contributed by atoms with E-state index in [0.717, 1.165) is 5.56 Å². The fraction of sp³-hybridized carbons (Fsp3) is 0.391. The Morgan fingerprint density at radius 3 is 2.52 bits per heavy atom. The molecule has 1 heterocycles. The fourth-order valence-corrected chi connectivity index (χ4v) is 3.23. The number of anilines is 2. The quantitative estimate of drug-likeness (QED) is 0.723. The number of carbonyl (C=O) groups excluding carboxylic acids is 2. The van der Waals surface area contributed by atoms with Crippen LogP contribution in [0.3, 0.4) is 0 Å². The predicted octanol–water partition coefficient (Wildman–Crippen LogP) is 4.63. The summed E-state index contributed by atoms with van der Waals surface area (Å²) in [5.41, 5.74) is 1.50. The van der Waals surface area contributed by atoms with E-state index in [0.29, 0.717) is 36.7 Å². The molecule has 0 unspecified atom stereocenters. The minimum absolute atomic E-state index is 0.0141. The molecule has 0 fully saturated rings. The van der Waals surface area contributed by atoms with Crippen LogP contribution in [0.5, 0.6) is 11.5 Å². The summed E-state index contributed by atoms with van der Waals surface area (Å²) in [6.45, 7) is 3.59. The number of benzene rings is 2. The number of carbonyl (C=O) groups is 2. The molecule has 166 valence electrons. The molecule has 0 aliphatic carbocycles. The van der Waals surface area contributed by atoms with Crippen molar-refractivity contribution in [3.05, 3.63) is 48.0 Å². The van der Waals surface area contributed by atoms with Crippen LogP contribution >= 0.6 is 0 Å². The van der Waals surface area contributed by atoms with Crippen LogP contribution in [0.1, 0.15) is 32.8 Å². The van der Waals surface area contributed by atoms with Gasteiger partial charge in [-0.1, -0.05) is 32.9 Å². The van der Waals surface area contributed by atoms with Gasteiger partial charge in [0.25, 0.3) is 0 Å². The number of fused-ring (bicyclic) bond motifs is 1. The van der Waals surface area contributed by atoms with Crippen LogP contribution in [0.25, 0.3) is 0 Å². The molecule has 0 saturated carbocycles. The number of alkyl halides is 2. The van der Waals surface area contributed by atoms with Gasteiger partial charge in [-0.05, 0) is 42.3 Å². The van der Waals surface area contributed by atoms with Crippen LogP contribution in [0.2, 0.25) is 0 Å². The second-order valence-electron chi connectivity index (χ2n) is 8.31. The number of nitrogens with one attached hydrogen (secondary N) is 1. The lowest BCUT2D eigenvalue weighted by molar-refractivity contribution is -0.126. The second-order valence-corrected chi connectivity index (χ2v) is 8.31. The zero-order chi connectivity index (χ0) is 22.6. The molecule has 2 aromatic rings. The van der Waals surface area contributed by atoms with Crippen molar-refractivity contribution in [1.29, 1.82) is 0 Å². The van der Waals surface area contributed by atoms with Crippen molar-refractivity contribution in [3.63, 3.8) is 0 Å². The highest BCUT2D eigenvalue weighted by molar-refractivity contribution is 6.00. The van der Waals surface area contributed by atoms with Crippen LogP contribution in [-0.4, -0.2) is 31.6 Å². The standard InChI is InChI=1S/C23H26F2N2O4/c1-23(2,3)21(29)27-12-13-30-19-10-7-16(14-18(19)27)26-20(28)11-6-15-4-8-17(9-5-15)31-22(24)25/h4-5,7-10,14,22H,6,11-13H2,1-3H3,(H,26,28). The molecule has 3 rings (SSSR count). The number of rotatable bonds is 6. The van der Waals surface area contributed by atoms with Crippen LogP contribution in [-0.2, 0) is 16.0 Å². The molecule has 2 amide bonds. The first kappa shape index (κ1) is 22.5. The molecular weight excluding hydrogens is 406 g/mol. The van der Waals surface area contributed by atoms with E-state index in [9.17, 15) is 18.4 Å². The minimum Gasteiger partial charge on any atom is -0.490 e. The number of hydrogen-bond donors (Lipinski definition) is 1. The lowest BCUT2D eigenvalue weighted by atomic mass is 9.94. The number of aryl methyl sites for hydroxylation is 1. The van der Waals surface area contributed by atoms with Crippen molar-refractivity contribution in [2.75, 3.05) is 23.4 Å². The topological polar surface area (TPSA) is 67.9 Å². The average Bonchev–Trinajstić information content (AvgIpc) is 2.71. The van der Waals surface area contributed by atoms with Gasteiger partial charge in [-0.15, -0.1) is 0 Å². The Morgan fingerprint density at radius 1 is 1.16 bits per heavy atom. The number of halogens is 2. The summed E-state index contributed by atoms with van der Waals surface area (Å²) in [6.07, 6.45) is 0.663. The van der Waals surface area contributed by atoms with E-state index in [-0.39, 0.29) is 24.0 Å². The third-order valence-corrected chi connectivity index (χ3v) is 4.78. The molecule has 0 bridgehead atoms. The van der Waals surface area contributed by atoms with Crippen molar-refractivity contribution in [1.82, 2.24) is 0 Å². The van der Waals surface area contributed by atoms with Gasteiger partial charge in [0.1, 0.15) is 18.1 Å². The first-order valence-electron chi connectivity index (χ1n) is 10.1. The molecule has 0 radical (unpaired) electrons. The van der Waals surface area contributed by atoms with Crippen molar-refractivity contribution in [2.24, 2.45) is 5.41 Å². The number of ether oxygens (including phenoxy) is 2. The lowest BCUT2D eigenvalue weighted by Crippen LogP contribution is -2.44. The first-order valence-corrected chi connectivity index (χ1v) is 10.1. The summed E-state index contributed by atoms with van der Waals surface area (Å²) >= 11 is 0. The van der Waals surface area contributed by atoms with Crippen LogP contribution in [0, 0.1) is 5.41 Å². The highest BCUT2D eigenvalue weighted by Gasteiger charge is 2.32. The van der Waals surface area contributed by atoms with Gasteiger partial charge in [-0.2, -0.15) is 8.78 Å². The van der Waals surface area contributed by atoms with Gasteiger partial charge in [0.15, 0.2) is 0 Å². The zero-order valence-corrected chi connectivity index (χ0v) is 17.8. The van der Waals surface area contributed by atoms with Gasteiger partial charge < -0.3 is 19.7 Å². The highest BCUT2D eigenvalue weighted by atomic mass is 19.3.